The van der Waals surface area contributed by atoms with Gasteiger partial charge in [0.25, 0.3) is 5.91 Å². The Bertz CT molecular complexity index is 982. The van der Waals surface area contributed by atoms with Gasteiger partial charge in [0.15, 0.2) is 5.13 Å². The van der Waals surface area contributed by atoms with Gasteiger partial charge in [-0.3, -0.25) is 14.9 Å². The summed E-state index contributed by atoms with van der Waals surface area (Å²) in [7, 11) is 0. The van der Waals surface area contributed by atoms with Crippen LogP contribution in [0, 0.1) is 5.92 Å². The Balaban J connectivity index is 1.75. The number of carbonyl (C=O) groups is 2. The summed E-state index contributed by atoms with van der Waals surface area (Å²) in [4.78, 5) is 28.8. The highest BCUT2D eigenvalue weighted by atomic mass is 32.1. The average Bonchev–Trinajstić information content (AvgIpc) is 3.03. The topological polar surface area (TPSA) is 80.3 Å². The van der Waals surface area contributed by atoms with E-state index in [4.69, 9.17) is 4.74 Å². The number of aromatic nitrogens is 1. The molecular formula is C20H21N3O3S. The standard InChI is InChI=1S/C20H21N3O3S/c1-4-26-15-8-9-16-17(11-15)27-20(22-16)23-19(25)13-6-5-7-14(10-13)21-18(24)12(2)3/h5-12H,4H2,1-3H3,(H,21,24)(H,22,23,25). The van der Waals surface area contributed by atoms with Crippen LogP contribution < -0.4 is 15.4 Å². The Hall–Kier alpha value is -2.93. The van der Waals surface area contributed by atoms with Crippen molar-refractivity contribution in [3.8, 4) is 5.75 Å². The second kappa shape index (κ2) is 8.18. The minimum absolute atomic E-state index is 0.0937. The first kappa shape index (κ1) is 18.8. The lowest BCUT2D eigenvalue weighted by atomic mass is 10.1. The first-order valence-electron chi connectivity index (χ1n) is 8.72. The number of thiazole rings is 1. The van der Waals surface area contributed by atoms with Crippen LogP contribution in [0.25, 0.3) is 10.2 Å². The maximum absolute atomic E-state index is 12.6. The predicted molar refractivity (Wildman–Crippen MR) is 109 cm³/mol. The molecule has 0 aliphatic carbocycles. The van der Waals surface area contributed by atoms with Gasteiger partial charge in [-0.05, 0) is 43.3 Å². The van der Waals surface area contributed by atoms with Gasteiger partial charge < -0.3 is 10.1 Å². The van der Waals surface area contributed by atoms with E-state index in [0.717, 1.165) is 16.0 Å². The van der Waals surface area contributed by atoms with Crippen LogP contribution in [-0.2, 0) is 4.79 Å². The van der Waals surface area contributed by atoms with Gasteiger partial charge in [0.2, 0.25) is 5.91 Å². The van der Waals surface area contributed by atoms with Crippen LogP contribution in [0.1, 0.15) is 31.1 Å². The van der Waals surface area contributed by atoms with Crippen molar-refractivity contribution in [2.45, 2.75) is 20.8 Å². The summed E-state index contributed by atoms with van der Waals surface area (Å²) in [6.45, 7) is 6.16. The van der Waals surface area contributed by atoms with E-state index in [2.05, 4.69) is 15.6 Å². The molecule has 0 atom stereocenters. The molecule has 140 valence electrons. The molecule has 0 fully saturated rings. The van der Waals surface area contributed by atoms with Gasteiger partial charge in [-0.25, -0.2) is 4.98 Å². The third-order valence-corrected chi connectivity index (χ3v) is 4.74. The lowest BCUT2D eigenvalue weighted by Gasteiger charge is -2.09. The molecule has 2 N–H and O–H groups in total. The molecule has 0 unspecified atom stereocenters. The summed E-state index contributed by atoms with van der Waals surface area (Å²) in [5.74, 6) is 0.274. The molecule has 0 aliphatic heterocycles. The molecule has 1 heterocycles. The lowest BCUT2D eigenvalue weighted by Crippen LogP contribution is -2.18. The number of fused-ring (bicyclic) bond motifs is 1. The Labute approximate surface area is 161 Å². The van der Waals surface area contributed by atoms with E-state index in [1.807, 2.05) is 39.0 Å². The number of benzene rings is 2. The second-order valence-corrected chi connectivity index (χ2v) is 7.29. The van der Waals surface area contributed by atoms with E-state index >= 15 is 0 Å². The smallest absolute Gasteiger partial charge is 0.257 e. The first-order valence-corrected chi connectivity index (χ1v) is 9.53. The SMILES string of the molecule is CCOc1ccc2nc(NC(=O)c3cccc(NC(=O)C(C)C)c3)sc2c1. The van der Waals surface area contributed by atoms with E-state index in [-0.39, 0.29) is 17.7 Å². The summed E-state index contributed by atoms with van der Waals surface area (Å²) >= 11 is 1.39. The van der Waals surface area contributed by atoms with Gasteiger partial charge in [0, 0.05) is 17.2 Å². The highest BCUT2D eigenvalue weighted by Crippen LogP contribution is 2.29. The number of anilines is 2. The molecule has 0 bridgehead atoms. The van der Waals surface area contributed by atoms with Crippen molar-refractivity contribution >= 4 is 44.2 Å². The van der Waals surface area contributed by atoms with Crippen LogP contribution in [0.4, 0.5) is 10.8 Å². The minimum atomic E-state index is -0.278. The summed E-state index contributed by atoms with van der Waals surface area (Å²) in [5.41, 5.74) is 1.84. The van der Waals surface area contributed by atoms with Crippen molar-refractivity contribution < 1.29 is 14.3 Å². The van der Waals surface area contributed by atoms with Crippen molar-refractivity contribution in [2.75, 3.05) is 17.2 Å². The van der Waals surface area contributed by atoms with Crippen LogP contribution in [0.5, 0.6) is 5.75 Å². The molecule has 0 saturated carbocycles. The number of rotatable bonds is 6. The van der Waals surface area contributed by atoms with Crippen molar-refractivity contribution in [1.29, 1.82) is 0 Å². The zero-order chi connectivity index (χ0) is 19.4. The van der Waals surface area contributed by atoms with E-state index in [1.165, 1.54) is 11.3 Å². The maximum atomic E-state index is 12.6. The molecule has 2 amide bonds. The second-order valence-electron chi connectivity index (χ2n) is 6.26. The summed E-state index contributed by atoms with van der Waals surface area (Å²) in [5, 5.41) is 6.13. The van der Waals surface area contributed by atoms with Gasteiger partial charge >= 0.3 is 0 Å². The molecule has 7 heteroatoms. The molecule has 6 nitrogen and oxygen atoms in total. The zero-order valence-corrected chi connectivity index (χ0v) is 16.2. The predicted octanol–water partition coefficient (Wildman–Crippen LogP) is 4.54. The van der Waals surface area contributed by atoms with Crippen LogP contribution >= 0.6 is 11.3 Å². The number of nitrogens with one attached hydrogen (secondary N) is 2. The largest absolute Gasteiger partial charge is 0.494 e. The number of amides is 2. The van der Waals surface area contributed by atoms with Crippen molar-refractivity contribution in [3.63, 3.8) is 0 Å². The molecule has 3 rings (SSSR count). The Morgan fingerprint density at radius 1 is 1.15 bits per heavy atom. The van der Waals surface area contributed by atoms with E-state index in [9.17, 15) is 9.59 Å². The van der Waals surface area contributed by atoms with E-state index < -0.39 is 0 Å². The average molecular weight is 383 g/mol. The van der Waals surface area contributed by atoms with E-state index in [1.54, 1.807) is 24.3 Å². The Morgan fingerprint density at radius 3 is 2.70 bits per heavy atom. The number of ether oxygens (including phenoxy) is 1. The molecule has 3 aromatic rings. The summed E-state index contributed by atoms with van der Waals surface area (Å²) in [6, 6.07) is 12.5. The van der Waals surface area contributed by atoms with Crippen LogP contribution in [-0.4, -0.2) is 23.4 Å². The van der Waals surface area contributed by atoms with Crippen molar-refractivity contribution in [1.82, 2.24) is 4.98 Å². The first-order chi connectivity index (χ1) is 13.0. The fourth-order valence-electron chi connectivity index (χ4n) is 2.41. The molecule has 27 heavy (non-hydrogen) atoms. The lowest BCUT2D eigenvalue weighted by molar-refractivity contribution is -0.118. The summed E-state index contributed by atoms with van der Waals surface area (Å²) < 4.78 is 6.43. The zero-order valence-electron chi connectivity index (χ0n) is 15.4. The minimum Gasteiger partial charge on any atom is -0.494 e. The fraction of sp³-hybridized carbons (Fsp3) is 0.250. The normalized spacial score (nSPS) is 10.8. The van der Waals surface area contributed by atoms with Crippen LogP contribution in [0.3, 0.4) is 0 Å². The highest BCUT2D eigenvalue weighted by molar-refractivity contribution is 7.22. The van der Waals surface area contributed by atoms with Gasteiger partial charge in [-0.2, -0.15) is 0 Å². The fourth-order valence-corrected chi connectivity index (χ4v) is 3.30. The van der Waals surface area contributed by atoms with Gasteiger partial charge in [0.05, 0.1) is 16.8 Å². The van der Waals surface area contributed by atoms with Crippen LogP contribution in [0.2, 0.25) is 0 Å². The highest BCUT2D eigenvalue weighted by Gasteiger charge is 2.12. The summed E-state index contributed by atoms with van der Waals surface area (Å²) in [6.07, 6.45) is 0. The number of nitrogens with zero attached hydrogens (tertiary/aromatic N) is 1. The molecule has 2 aromatic carbocycles. The van der Waals surface area contributed by atoms with Gasteiger partial charge in [0.1, 0.15) is 5.75 Å². The molecule has 0 radical (unpaired) electrons. The monoisotopic (exact) mass is 383 g/mol. The van der Waals surface area contributed by atoms with Gasteiger partial charge in [-0.1, -0.05) is 31.3 Å². The molecule has 1 aromatic heterocycles. The number of hydrogen-bond acceptors (Lipinski definition) is 5. The van der Waals surface area contributed by atoms with Crippen molar-refractivity contribution in [3.05, 3.63) is 48.0 Å². The van der Waals surface area contributed by atoms with E-state index in [0.29, 0.717) is 23.0 Å². The van der Waals surface area contributed by atoms with Gasteiger partial charge in [-0.15, -0.1) is 0 Å². The third kappa shape index (κ3) is 4.62. The Morgan fingerprint density at radius 2 is 1.96 bits per heavy atom. The molecule has 0 spiro atoms. The number of hydrogen-bond donors (Lipinski definition) is 2. The quantitative estimate of drug-likeness (QED) is 0.655. The van der Waals surface area contributed by atoms with Crippen LogP contribution in [0.15, 0.2) is 42.5 Å². The maximum Gasteiger partial charge on any atom is 0.257 e. The Kier molecular flexibility index (Phi) is 5.71. The molecule has 0 aliphatic rings. The number of carbonyl (C=O) groups excluding carboxylic acids is 2. The molecule has 0 saturated heterocycles. The third-order valence-electron chi connectivity index (χ3n) is 3.81. The molecular weight excluding hydrogens is 362 g/mol. The van der Waals surface area contributed by atoms with Crippen molar-refractivity contribution in [2.24, 2.45) is 5.92 Å².